The summed E-state index contributed by atoms with van der Waals surface area (Å²) in [4.78, 5) is 0. The van der Waals surface area contributed by atoms with Gasteiger partial charge >= 0.3 is 0 Å². The zero-order chi connectivity index (χ0) is 10.1. The predicted octanol–water partition coefficient (Wildman–Crippen LogP) is 2.17. The van der Waals surface area contributed by atoms with E-state index in [9.17, 15) is 0 Å². The molecule has 3 nitrogen and oxygen atoms in total. The summed E-state index contributed by atoms with van der Waals surface area (Å²) in [7, 11) is 0. The number of nitrogens with zero attached hydrogens (tertiary/aromatic N) is 2. The van der Waals surface area contributed by atoms with Gasteiger partial charge in [0, 0.05) is 23.5 Å². The van der Waals surface area contributed by atoms with Crippen LogP contribution in [-0.4, -0.2) is 9.78 Å². The highest BCUT2D eigenvalue weighted by molar-refractivity contribution is 6.31. The summed E-state index contributed by atoms with van der Waals surface area (Å²) in [5.74, 6) is 0. The molecule has 0 aliphatic heterocycles. The molecule has 1 aromatic heterocycles. The fraction of sp³-hybridized carbons (Fsp3) is 0.300. The Bertz CT molecular complexity index is 462. The molecule has 0 bridgehead atoms. The topological polar surface area (TPSA) is 43.8 Å². The third-order valence-corrected chi connectivity index (χ3v) is 2.54. The molecule has 2 aromatic rings. The average Bonchev–Trinajstić information content (AvgIpc) is 2.54. The number of aryl methyl sites for hydroxylation is 1. The monoisotopic (exact) mass is 209 g/mol. The lowest BCUT2D eigenvalue weighted by Gasteiger charge is -2.00. The standard InChI is InChI=1S/C10H12ClN3/c1-2-14-10(6-12)8-5-7(11)3-4-9(8)13-14/h3-5H,2,6,12H2,1H3. The van der Waals surface area contributed by atoms with Crippen molar-refractivity contribution in [1.82, 2.24) is 9.78 Å². The number of rotatable bonds is 2. The molecule has 1 heterocycles. The first-order valence-corrected chi connectivity index (χ1v) is 4.99. The van der Waals surface area contributed by atoms with Crippen molar-refractivity contribution in [2.45, 2.75) is 20.0 Å². The number of fused-ring (bicyclic) bond motifs is 1. The van der Waals surface area contributed by atoms with Crippen molar-refractivity contribution in [2.75, 3.05) is 0 Å². The second kappa shape index (κ2) is 3.59. The van der Waals surface area contributed by atoms with Gasteiger partial charge in [-0.05, 0) is 25.1 Å². The minimum atomic E-state index is 0.491. The Labute approximate surface area is 87.5 Å². The summed E-state index contributed by atoms with van der Waals surface area (Å²) in [6.45, 7) is 3.37. The van der Waals surface area contributed by atoms with Crippen LogP contribution in [0.4, 0.5) is 0 Å². The minimum absolute atomic E-state index is 0.491. The zero-order valence-electron chi connectivity index (χ0n) is 8.00. The smallest absolute Gasteiger partial charge is 0.0927 e. The quantitative estimate of drug-likeness (QED) is 0.824. The summed E-state index contributed by atoms with van der Waals surface area (Å²) in [5, 5.41) is 6.20. The molecule has 2 N–H and O–H groups in total. The number of aromatic nitrogens is 2. The van der Waals surface area contributed by atoms with E-state index < -0.39 is 0 Å². The Morgan fingerprint density at radius 2 is 2.29 bits per heavy atom. The van der Waals surface area contributed by atoms with Crippen LogP contribution in [0.2, 0.25) is 5.02 Å². The first-order chi connectivity index (χ1) is 6.76. The van der Waals surface area contributed by atoms with Crippen molar-refractivity contribution >= 4 is 22.5 Å². The molecule has 0 fully saturated rings. The SMILES string of the molecule is CCn1nc2ccc(Cl)cc2c1CN. The maximum absolute atomic E-state index is 5.92. The fourth-order valence-corrected chi connectivity index (χ4v) is 1.81. The maximum atomic E-state index is 5.92. The lowest BCUT2D eigenvalue weighted by molar-refractivity contribution is 0.630. The molecule has 0 radical (unpaired) electrons. The van der Waals surface area contributed by atoms with E-state index in [1.165, 1.54) is 0 Å². The van der Waals surface area contributed by atoms with E-state index in [0.717, 1.165) is 28.2 Å². The fourth-order valence-electron chi connectivity index (χ4n) is 1.63. The Hall–Kier alpha value is -1.06. The number of hydrogen-bond donors (Lipinski definition) is 1. The Morgan fingerprint density at radius 3 is 2.93 bits per heavy atom. The third kappa shape index (κ3) is 1.38. The van der Waals surface area contributed by atoms with Crippen molar-refractivity contribution in [3.8, 4) is 0 Å². The van der Waals surface area contributed by atoms with E-state index in [4.69, 9.17) is 17.3 Å². The van der Waals surface area contributed by atoms with Crippen LogP contribution < -0.4 is 5.73 Å². The zero-order valence-corrected chi connectivity index (χ0v) is 8.75. The van der Waals surface area contributed by atoms with Gasteiger partial charge in [0.1, 0.15) is 0 Å². The lowest BCUT2D eigenvalue weighted by Crippen LogP contribution is -2.07. The van der Waals surface area contributed by atoms with Gasteiger partial charge in [-0.2, -0.15) is 5.10 Å². The molecule has 0 saturated heterocycles. The molecular weight excluding hydrogens is 198 g/mol. The molecule has 2 rings (SSSR count). The van der Waals surface area contributed by atoms with E-state index in [-0.39, 0.29) is 0 Å². The van der Waals surface area contributed by atoms with Gasteiger partial charge in [-0.3, -0.25) is 4.68 Å². The minimum Gasteiger partial charge on any atom is -0.325 e. The molecule has 0 aliphatic carbocycles. The van der Waals surface area contributed by atoms with Gasteiger partial charge in [-0.1, -0.05) is 11.6 Å². The molecule has 74 valence electrons. The van der Waals surface area contributed by atoms with Crippen LogP contribution in [0.1, 0.15) is 12.6 Å². The van der Waals surface area contributed by atoms with E-state index in [1.54, 1.807) is 0 Å². The van der Waals surface area contributed by atoms with Crippen molar-refractivity contribution in [2.24, 2.45) is 5.73 Å². The van der Waals surface area contributed by atoms with Crippen LogP contribution in [0.3, 0.4) is 0 Å². The summed E-state index contributed by atoms with van der Waals surface area (Å²) in [6.07, 6.45) is 0. The van der Waals surface area contributed by atoms with E-state index in [2.05, 4.69) is 5.10 Å². The van der Waals surface area contributed by atoms with Gasteiger partial charge in [0.05, 0.1) is 11.2 Å². The van der Waals surface area contributed by atoms with Crippen molar-refractivity contribution in [3.63, 3.8) is 0 Å². The van der Waals surface area contributed by atoms with Gasteiger partial charge in [-0.25, -0.2) is 0 Å². The lowest BCUT2D eigenvalue weighted by atomic mass is 10.2. The van der Waals surface area contributed by atoms with Crippen LogP contribution in [0.25, 0.3) is 10.9 Å². The molecule has 1 aromatic carbocycles. The largest absolute Gasteiger partial charge is 0.325 e. The van der Waals surface area contributed by atoms with Crippen molar-refractivity contribution in [1.29, 1.82) is 0 Å². The third-order valence-electron chi connectivity index (χ3n) is 2.30. The van der Waals surface area contributed by atoms with Gasteiger partial charge in [0.15, 0.2) is 0 Å². The predicted molar refractivity (Wildman–Crippen MR) is 58.3 cm³/mol. The molecule has 0 unspecified atom stereocenters. The Kier molecular flexibility index (Phi) is 2.44. The first-order valence-electron chi connectivity index (χ1n) is 4.61. The summed E-state index contributed by atoms with van der Waals surface area (Å²) in [6, 6.07) is 5.68. The molecule has 0 amide bonds. The summed E-state index contributed by atoms with van der Waals surface area (Å²) in [5.41, 5.74) is 7.68. The van der Waals surface area contributed by atoms with Crippen LogP contribution in [-0.2, 0) is 13.1 Å². The first kappa shape index (κ1) is 9.49. The van der Waals surface area contributed by atoms with Crippen LogP contribution in [0.5, 0.6) is 0 Å². The van der Waals surface area contributed by atoms with Gasteiger partial charge in [0.2, 0.25) is 0 Å². The Balaban J connectivity index is 2.74. The molecule has 4 heteroatoms. The molecule has 0 aliphatic rings. The average molecular weight is 210 g/mol. The number of hydrogen-bond acceptors (Lipinski definition) is 2. The normalized spacial score (nSPS) is 11.1. The molecular formula is C10H12ClN3. The maximum Gasteiger partial charge on any atom is 0.0927 e. The highest BCUT2D eigenvalue weighted by atomic mass is 35.5. The molecule has 0 spiro atoms. The Morgan fingerprint density at radius 1 is 1.50 bits per heavy atom. The summed E-state index contributed by atoms with van der Waals surface area (Å²) >= 11 is 5.92. The second-order valence-electron chi connectivity index (χ2n) is 3.13. The van der Waals surface area contributed by atoms with Gasteiger partial charge in [0.25, 0.3) is 0 Å². The van der Waals surface area contributed by atoms with Gasteiger partial charge < -0.3 is 5.73 Å². The molecule has 14 heavy (non-hydrogen) atoms. The number of nitrogens with two attached hydrogens (primary N) is 1. The van der Waals surface area contributed by atoms with Crippen LogP contribution in [0.15, 0.2) is 18.2 Å². The summed E-state index contributed by atoms with van der Waals surface area (Å²) < 4.78 is 1.92. The van der Waals surface area contributed by atoms with Crippen LogP contribution in [0, 0.1) is 0 Å². The molecule has 0 atom stereocenters. The van der Waals surface area contributed by atoms with Crippen molar-refractivity contribution in [3.05, 3.63) is 28.9 Å². The van der Waals surface area contributed by atoms with Crippen LogP contribution >= 0.6 is 11.6 Å². The highest BCUT2D eigenvalue weighted by Crippen LogP contribution is 2.22. The molecule has 0 saturated carbocycles. The van der Waals surface area contributed by atoms with E-state index in [0.29, 0.717) is 6.54 Å². The number of benzene rings is 1. The van der Waals surface area contributed by atoms with Crippen molar-refractivity contribution < 1.29 is 0 Å². The van der Waals surface area contributed by atoms with Gasteiger partial charge in [-0.15, -0.1) is 0 Å². The highest BCUT2D eigenvalue weighted by Gasteiger charge is 2.08. The number of halogens is 1. The second-order valence-corrected chi connectivity index (χ2v) is 3.56. The van der Waals surface area contributed by atoms with E-state index in [1.807, 2.05) is 29.8 Å². The van der Waals surface area contributed by atoms with E-state index >= 15 is 0 Å².